The Morgan fingerprint density at radius 1 is 1.00 bits per heavy atom. The molecule has 2 aromatic carbocycles. The average Bonchev–Trinajstić information content (AvgIpc) is 2.54. The van der Waals surface area contributed by atoms with Gasteiger partial charge in [0.1, 0.15) is 11.5 Å². The van der Waals surface area contributed by atoms with Crippen molar-refractivity contribution >= 4 is 5.91 Å². The van der Waals surface area contributed by atoms with Gasteiger partial charge in [0.05, 0.1) is 6.61 Å². The van der Waals surface area contributed by atoms with E-state index in [0.29, 0.717) is 18.9 Å². The SMILES string of the molecule is CCOc1ccc(OCC(=O)NCc2ccccc2C)cc1. The lowest BCUT2D eigenvalue weighted by Crippen LogP contribution is -2.28. The Bertz CT molecular complexity index is 608. The van der Waals surface area contributed by atoms with Crippen LogP contribution in [0.4, 0.5) is 0 Å². The summed E-state index contributed by atoms with van der Waals surface area (Å²) in [4.78, 5) is 11.8. The van der Waals surface area contributed by atoms with Crippen molar-refractivity contribution in [3.05, 3.63) is 59.7 Å². The van der Waals surface area contributed by atoms with Crippen molar-refractivity contribution in [2.24, 2.45) is 0 Å². The number of aryl methyl sites for hydroxylation is 1. The van der Waals surface area contributed by atoms with Gasteiger partial charge in [-0.3, -0.25) is 4.79 Å². The fourth-order valence-electron chi connectivity index (χ4n) is 2.00. The van der Waals surface area contributed by atoms with Gasteiger partial charge in [-0.05, 0) is 49.2 Å². The van der Waals surface area contributed by atoms with Crippen LogP contribution in [0.5, 0.6) is 11.5 Å². The Morgan fingerprint density at radius 3 is 2.27 bits per heavy atom. The summed E-state index contributed by atoms with van der Waals surface area (Å²) in [7, 11) is 0. The molecule has 0 aromatic heterocycles. The van der Waals surface area contributed by atoms with Crippen LogP contribution in [-0.2, 0) is 11.3 Å². The average molecular weight is 299 g/mol. The molecule has 22 heavy (non-hydrogen) atoms. The molecule has 2 aromatic rings. The Kier molecular flexibility index (Phi) is 5.83. The zero-order valence-corrected chi connectivity index (χ0v) is 13.0. The van der Waals surface area contributed by atoms with Crippen LogP contribution in [0.15, 0.2) is 48.5 Å². The lowest BCUT2D eigenvalue weighted by atomic mass is 10.1. The van der Waals surface area contributed by atoms with Crippen LogP contribution in [0.2, 0.25) is 0 Å². The van der Waals surface area contributed by atoms with E-state index in [1.807, 2.05) is 50.2 Å². The largest absolute Gasteiger partial charge is 0.494 e. The number of nitrogens with one attached hydrogen (secondary N) is 1. The monoisotopic (exact) mass is 299 g/mol. The van der Waals surface area contributed by atoms with Crippen LogP contribution < -0.4 is 14.8 Å². The minimum Gasteiger partial charge on any atom is -0.494 e. The molecule has 1 amide bonds. The molecule has 116 valence electrons. The molecule has 0 heterocycles. The van der Waals surface area contributed by atoms with Gasteiger partial charge < -0.3 is 14.8 Å². The summed E-state index contributed by atoms with van der Waals surface area (Å²) in [6.45, 7) is 5.10. The molecular formula is C18H21NO3. The third-order valence-corrected chi connectivity index (χ3v) is 3.24. The van der Waals surface area contributed by atoms with E-state index in [2.05, 4.69) is 5.32 Å². The van der Waals surface area contributed by atoms with E-state index in [9.17, 15) is 4.79 Å². The molecule has 4 nitrogen and oxygen atoms in total. The van der Waals surface area contributed by atoms with E-state index < -0.39 is 0 Å². The van der Waals surface area contributed by atoms with Crippen LogP contribution in [0, 0.1) is 6.92 Å². The van der Waals surface area contributed by atoms with Crippen LogP contribution in [0.1, 0.15) is 18.1 Å². The van der Waals surface area contributed by atoms with Gasteiger partial charge in [-0.2, -0.15) is 0 Å². The maximum atomic E-state index is 11.8. The number of carbonyl (C=O) groups is 1. The van der Waals surface area contributed by atoms with Gasteiger partial charge in [0, 0.05) is 6.54 Å². The normalized spacial score (nSPS) is 10.1. The zero-order valence-electron chi connectivity index (χ0n) is 13.0. The summed E-state index contributed by atoms with van der Waals surface area (Å²) in [5.74, 6) is 1.30. The van der Waals surface area contributed by atoms with Gasteiger partial charge in [0.15, 0.2) is 6.61 Å². The van der Waals surface area contributed by atoms with Crippen LogP contribution >= 0.6 is 0 Å². The van der Waals surface area contributed by atoms with Crippen molar-refractivity contribution in [2.45, 2.75) is 20.4 Å². The van der Waals surface area contributed by atoms with Crippen molar-refractivity contribution in [1.82, 2.24) is 5.32 Å². The van der Waals surface area contributed by atoms with E-state index in [-0.39, 0.29) is 12.5 Å². The number of amides is 1. The lowest BCUT2D eigenvalue weighted by Gasteiger charge is -2.09. The van der Waals surface area contributed by atoms with Crippen molar-refractivity contribution in [2.75, 3.05) is 13.2 Å². The molecule has 0 aliphatic carbocycles. The highest BCUT2D eigenvalue weighted by Gasteiger charge is 2.04. The third-order valence-electron chi connectivity index (χ3n) is 3.24. The van der Waals surface area contributed by atoms with Crippen molar-refractivity contribution in [1.29, 1.82) is 0 Å². The highest BCUT2D eigenvalue weighted by molar-refractivity contribution is 5.77. The summed E-state index contributed by atoms with van der Waals surface area (Å²) in [5, 5.41) is 2.85. The minimum absolute atomic E-state index is 0.000136. The van der Waals surface area contributed by atoms with Crippen LogP contribution in [0.25, 0.3) is 0 Å². The molecule has 0 aliphatic heterocycles. The van der Waals surface area contributed by atoms with Gasteiger partial charge in [0.25, 0.3) is 5.91 Å². The van der Waals surface area contributed by atoms with Crippen molar-refractivity contribution in [3.8, 4) is 11.5 Å². The van der Waals surface area contributed by atoms with Gasteiger partial charge >= 0.3 is 0 Å². The van der Waals surface area contributed by atoms with E-state index in [1.54, 1.807) is 12.1 Å². The third kappa shape index (κ3) is 4.81. The number of hydrogen-bond acceptors (Lipinski definition) is 3. The topological polar surface area (TPSA) is 47.6 Å². The first-order valence-electron chi connectivity index (χ1n) is 7.36. The van der Waals surface area contributed by atoms with Crippen molar-refractivity contribution in [3.63, 3.8) is 0 Å². The molecule has 2 rings (SSSR count). The highest BCUT2D eigenvalue weighted by atomic mass is 16.5. The fourth-order valence-corrected chi connectivity index (χ4v) is 2.00. The summed E-state index contributed by atoms with van der Waals surface area (Å²) in [6, 6.07) is 15.2. The summed E-state index contributed by atoms with van der Waals surface area (Å²) in [6.07, 6.45) is 0. The Morgan fingerprint density at radius 2 is 1.64 bits per heavy atom. The van der Waals surface area contributed by atoms with E-state index in [4.69, 9.17) is 9.47 Å². The maximum absolute atomic E-state index is 11.8. The highest BCUT2D eigenvalue weighted by Crippen LogP contribution is 2.17. The van der Waals surface area contributed by atoms with Gasteiger partial charge in [0.2, 0.25) is 0 Å². The van der Waals surface area contributed by atoms with Crippen LogP contribution in [0.3, 0.4) is 0 Å². The first-order chi connectivity index (χ1) is 10.7. The Labute approximate surface area is 131 Å². The standard InChI is InChI=1S/C18H21NO3/c1-3-21-16-8-10-17(11-9-16)22-13-18(20)19-12-15-7-5-4-6-14(15)2/h4-11H,3,12-13H2,1-2H3,(H,19,20). The van der Waals surface area contributed by atoms with E-state index >= 15 is 0 Å². The second-order valence-electron chi connectivity index (χ2n) is 4.90. The summed E-state index contributed by atoms with van der Waals surface area (Å²) < 4.78 is 10.8. The Balaban J connectivity index is 1.76. The smallest absolute Gasteiger partial charge is 0.258 e. The minimum atomic E-state index is -0.142. The molecule has 0 aliphatic rings. The number of rotatable bonds is 7. The number of carbonyl (C=O) groups excluding carboxylic acids is 1. The van der Waals surface area contributed by atoms with Crippen LogP contribution in [-0.4, -0.2) is 19.1 Å². The lowest BCUT2D eigenvalue weighted by molar-refractivity contribution is -0.123. The van der Waals surface area contributed by atoms with E-state index in [0.717, 1.165) is 16.9 Å². The molecule has 0 unspecified atom stereocenters. The van der Waals surface area contributed by atoms with Gasteiger partial charge in [-0.1, -0.05) is 24.3 Å². The van der Waals surface area contributed by atoms with E-state index in [1.165, 1.54) is 0 Å². The predicted octanol–water partition coefficient (Wildman–Crippen LogP) is 3.09. The molecule has 0 spiro atoms. The number of hydrogen-bond donors (Lipinski definition) is 1. The summed E-state index contributed by atoms with van der Waals surface area (Å²) >= 11 is 0. The molecule has 0 fully saturated rings. The molecule has 1 N–H and O–H groups in total. The maximum Gasteiger partial charge on any atom is 0.258 e. The predicted molar refractivity (Wildman–Crippen MR) is 86.1 cm³/mol. The summed E-state index contributed by atoms with van der Waals surface area (Å²) in [5.41, 5.74) is 2.27. The van der Waals surface area contributed by atoms with Crippen molar-refractivity contribution < 1.29 is 14.3 Å². The second kappa shape index (κ2) is 8.08. The number of benzene rings is 2. The first kappa shape index (κ1) is 15.9. The number of ether oxygens (including phenoxy) is 2. The molecule has 4 heteroatoms. The molecule has 0 saturated heterocycles. The molecule has 0 saturated carbocycles. The van der Waals surface area contributed by atoms with Gasteiger partial charge in [-0.25, -0.2) is 0 Å². The molecule has 0 radical (unpaired) electrons. The first-order valence-corrected chi connectivity index (χ1v) is 7.36. The molecule has 0 atom stereocenters. The second-order valence-corrected chi connectivity index (χ2v) is 4.90. The van der Waals surface area contributed by atoms with Gasteiger partial charge in [-0.15, -0.1) is 0 Å². The zero-order chi connectivity index (χ0) is 15.8. The quantitative estimate of drug-likeness (QED) is 0.854. The fraction of sp³-hybridized carbons (Fsp3) is 0.278. The molecular weight excluding hydrogens is 278 g/mol. The molecule has 0 bridgehead atoms. The Hall–Kier alpha value is -2.49.